The number of hydrogen-bond donors (Lipinski definition) is 1. The Hall–Kier alpha value is -2.47. The van der Waals surface area contributed by atoms with Crippen LogP contribution >= 0.6 is 15.9 Å². The highest BCUT2D eigenvalue weighted by molar-refractivity contribution is 9.10. The molecule has 2 aromatic carbocycles. The Morgan fingerprint density at radius 3 is 2.40 bits per heavy atom. The van der Waals surface area contributed by atoms with Gasteiger partial charge in [-0.05, 0) is 41.3 Å². The van der Waals surface area contributed by atoms with Crippen LogP contribution in [0.1, 0.15) is 26.3 Å². The van der Waals surface area contributed by atoms with E-state index in [4.69, 9.17) is 0 Å². The van der Waals surface area contributed by atoms with Gasteiger partial charge in [-0.3, -0.25) is 10.1 Å². The molecule has 0 aliphatic carbocycles. The monoisotopic (exact) mass is 399 g/mol. The van der Waals surface area contributed by atoms with E-state index in [1.54, 1.807) is 0 Å². The third kappa shape index (κ3) is 3.64. The smallest absolute Gasteiger partial charge is 0.311 e. The van der Waals surface area contributed by atoms with Crippen LogP contribution in [0.2, 0.25) is 0 Å². The predicted molar refractivity (Wildman–Crippen MR) is 105 cm³/mol. The van der Waals surface area contributed by atoms with E-state index in [0.717, 1.165) is 10.2 Å². The van der Waals surface area contributed by atoms with Gasteiger partial charge in [-0.2, -0.15) is 0 Å². The molecule has 0 unspecified atom stereocenters. The molecule has 0 fully saturated rings. The van der Waals surface area contributed by atoms with Gasteiger partial charge in [0.2, 0.25) is 0 Å². The normalized spacial score (nSPS) is 11.5. The molecular weight excluding hydrogens is 382 g/mol. The van der Waals surface area contributed by atoms with Crippen molar-refractivity contribution >= 4 is 43.9 Å². The first-order valence-electron chi connectivity index (χ1n) is 7.86. The molecule has 0 amide bonds. The Bertz CT molecular complexity index is 947. The first-order chi connectivity index (χ1) is 11.8. The van der Waals surface area contributed by atoms with Crippen LogP contribution in [-0.4, -0.2) is 9.91 Å². The predicted octanol–water partition coefficient (Wildman–Crippen LogP) is 5.95. The Morgan fingerprint density at radius 1 is 1.12 bits per heavy atom. The lowest BCUT2D eigenvalue weighted by molar-refractivity contribution is -0.384. The minimum Gasteiger partial charge on any atom is -0.349 e. The molecule has 1 heterocycles. The molecule has 0 saturated heterocycles. The highest BCUT2D eigenvalue weighted by atomic mass is 79.9. The summed E-state index contributed by atoms with van der Waals surface area (Å²) in [4.78, 5) is 15.2. The number of nitrogens with one attached hydrogen (secondary N) is 1. The highest BCUT2D eigenvalue weighted by Crippen LogP contribution is 2.35. The zero-order chi connectivity index (χ0) is 18.2. The van der Waals surface area contributed by atoms with Crippen molar-refractivity contribution in [2.45, 2.75) is 26.2 Å². The van der Waals surface area contributed by atoms with Crippen LogP contribution in [0.4, 0.5) is 17.1 Å². The summed E-state index contributed by atoms with van der Waals surface area (Å²) in [7, 11) is 0. The molecule has 1 aromatic heterocycles. The lowest BCUT2D eigenvalue weighted by atomic mass is 9.87. The maximum absolute atomic E-state index is 11.4. The number of anilines is 2. The lowest BCUT2D eigenvalue weighted by Crippen LogP contribution is -2.10. The SMILES string of the molecule is CC(C)(C)c1ccc(Nc2c([N+](=O)[O-])cnc3ccc(Br)cc23)cc1. The Kier molecular flexibility index (Phi) is 4.47. The molecule has 0 spiro atoms. The van der Waals surface area contributed by atoms with Crippen molar-refractivity contribution in [3.8, 4) is 0 Å². The van der Waals surface area contributed by atoms with Crippen molar-refractivity contribution < 1.29 is 4.92 Å². The lowest BCUT2D eigenvalue weighted by Gasteiger charge is -2.19. The largest absolute Gasteiger partial charge is 0.349 e. The molecule has 0 aliphatic heterocycles. The fraction of sp³-hybridized carbons (Fsp3) is 0.211. The van der Waals surface area contributed by atoms with Gasteiger partial charge in [0, 0.05) is 15.5 Å². The topological polar surface area (TPSA) is 68.1 Å². The molecule has 6 heteroatoms. The van der Waals surface area contributed by atoms with Crippen molar-refractivity contribution in [2.75, 3.05) is 5.32 Å². The standard InChI is InChI=1S/C19H18BrN3O2/c1-19(2,3)12-4-7-14(8-5-12)22-18-15-10-13(20)6-9-16(15)21-11-17(18)23(24)25/h4-11H,1-3H3,(H,21,22). The van der Waals surface area contributed by atoms with E-state index in [2.05, 4.69) is 47.0 Å². The second-order valence-electron chi connectivity index (χ2n) is 6.89. The number of halogens is 1. The van der Waals surface area contributed by atoms with Crippen molar-refractivity contribution in [1.29, 1.82) is 0 Å². The zero-order valence-electron chi connectivity index (χ0n) is 14.2. The Balaban J connectivity index is 2.09. The van der Waals surface area contributed by atoms with Gasteiger partial charge in [0.15, 0.2) is 0 Å². The molecule has 0 bridgehead atoms. The van der Waals surface area contributed by atoms with Crippen LogP contribution in [0.5, 0.6) is 0 Å². The van der Waals surface area contributed by atoms with Crippen LogP contribution in [0.25, 0.3) is 10.9 Å². The Morgan fingerprint density at radius 2 is 1.80 bits per heavy atom. The second-order valence-corrected chi connectivity index (χ2v) is 7.81. The second kappa shape index (κ2) is 6.44. The van der Waals surface area contributed by atoms with Gasteiger partial charge in [-0.1, -0.05) is 48.8 Å². The number of aromatic nitrogens is 1. The molecule has 25 heavy (non-hydrogen) atoms. The fourth-order valence-corrected chi connectivity index (χ4v) is 2.98. The average molecular weight is 400 g/mol. The maximum atomic E-state index is 11.4. The molecule has 3 aromatic rings. The van der Waals surface area contributed by atoms with Gasteiger partial charge in [-0.15, -0.1) is 0 Å². The third-order valence-electron chi connectivity index (χ3n) is 4.03. The summed E-state index contributed by atoms with van der Waals surface area (Å²) in [5, 5.41) is 15.3. The molecule has 0 radical (unpaired) electrons. The first kappa shape index (κ1) is 17.4. The number of rotatable bonds is 3. The maximum Gasteiger partial charge on any atom is 0.311 e. The molecule has 0 saturated carbocycles. The van der Waals surface area contributed by atoms with Crippen LogP contribution < -0.4 is 5.32 Å². The van der Waals surface area contributed by atoms with Crippen molar-refractivity contribution in [1.82, 2.24) is 4.98 Å². The van der Waals surface area contributed by atoms with Crippen LogP contribution in [0, 0.1) is 10.1 Å². The molecule has 1 N–H and O–H groups in total. The van der Waals surface area contributed by atoms with E-state index < -0.39 is 4.92 Å². The molecule has 5 nitrogen and oxygen atoms in total. The van der Waals surface area contributed by atoms with Crippen molar-refractivity contribution in [3.63, 3.8) is 0 Å². The quantitative estimate of drug-likeness (QED) is 0.436. The van der Waals surface area contributed by atoms with E-state index in [-0.39, 0.29) is 11.1 Å². The highest BCUT2D eigenvalue weighted by Gasteiger charge is 2.19. The summed E-state index contributed by atoms with van der Waals surface area (Å²) in [6.07, 6.45) is 1.29. The van der Waals surface area contributed by atoms with Crippen molar-refractivity contribution in [3.05, 3.63) is 68.8 Å². The molecular formula is C19H18BrN3O2. The van der Waals surface area contributed by atoms with Gasteiger partial charge in [0.25, 0.3) is 0 Å². The summed E-state index contributed by atoms with van der Waals surface area (Å²) >= 11 is 3.42. The van der Waals surface area contributed by atoms with Gasteiger partial charge < -0.3 is 5.32 Å². The van der Waals surface area contributed by atoms with E-state index in [1.165, 1.54) is 11.8 Å². The number of hydrogen-bond acceptors (Lipinski definition) is 4. The summed E-state index contributed by atoms with van der Waals surface area (Å²) in [5.41, 5.74) is 3.14. The number of benzene rings is 2. The minimum atomic E-state index is -0.417. The van der Waals surface area contributed by atoms with E-state index in [1.807, 2.05) is 42.5 Å². The molecule has 0 atom stereocenters. The van der Waals surface area contributed by atoms with Crippen LogP contribution in [0.15, 0.2) is 53.1 Å². The average Bonchev–Trinajstić information content (AvgIpc) is 2.54. The number of pyridine rings is 1. The third-order valence-corrected chi connectivity index (χ3v) is 4.52. The number of fused-ring (bicyclic) bond motifs is 1. The minimum absolute atomic E-state index is 0.0505. The molecule has 0 aliphatic rings. The fourth-order valence-electron chi connectivity index (χ4n) is 2.62. The Labute approximate surface area is 154 Å². The summed E-state index contributed by atoms with van der Waals surface area (Å²) in [5.74, 6) is 0. The summed E-state index contributed by atoms with van der Waals surface area (Å²) < 4.78 is 0.841. The van der Waals surface area contributed by atoms with Gasteiger partial charge in [-0.25, -0.2) is 4.98 Å². The van der Waals surface area contributed by atoms with E-state index in [0.29, 0.717) is 16.6 Å². The van der Waals surface area contributed by atoms with E-state index in [9.17, 15) is 10.1 Å². The van der Waals surface area contributed by atoms with Gasteiger partial charge in [0.1, 0.15) is 11.9 Å². The van der Waals surface area contributed by atoms with Crippen LogP contribution in [-0.2, 0) is 5.41 Å². The summed E-state index contributed by atoms with van der Waals surface area (Å²) in [6, 6.07) is 13.5. The van der Waals surface area contributed by atoms with E-state index >= 15 is 0 Å². The number of nitro groups is 1. The molecule has 128 valence electrons. The van der Waals surface area contributed by atoms with Gasteiger partial charge >= 0.3 is 5.69 Å². The number of nitrogens with zero attached hydrogens (tertiary/aromatic N) is 2. The zero-order valence-corrected chi connectivity index (χ0v) is 15.8. The van der Waals surface area contributed by atoms with Crippen molar-refractivity contribution in [2.24, 2.45) is 0 Å². The molecule has 3 rings (SSSR count). The van der Waals surface area contributed by atoms with Crippen LogP contribution in [0.3, 0.4) is 0 Å². The van der Waals surface area contributed by atoms with Gasteiger partial charge in [0.05, 0.1) is 10.4 Å². The first-order valence-corrected chi connectivity index (χ1v) is 8.65. The summed E-state index contributed by atoms with van der Waals surface area (Å²) in [6.45, 7) is 6.44.